The third kappa shape index (κ3) is 4.60. The van der Waals surface area contributed by atoms with Gasteiger partial charge in [0, 0.05) is 12.1 Å². The van der Waals surface area contributed by atoms with E-state index in [0.717, 1.165) is 17.7 Å². The van der Waals surface area contributed by atoms with Crippen molar-refractivity contribution in [2.75, 3.05) is 19.4 Å². The standard InChI is InChI=1S/C15H21N3O3.C2H4O2/c1-15(2,3)21-14(19)18-5-4-9-10-7-20-8-11(10)13(16)17-12(9)6-18;1-4-2-3/h4-8H2,1-3H3,(H2,16,17);2H,1H3. The number of carbonyl (C=O) groups is 2. The SMILES string of the molecule is CC(C)(C)OC(=O)N1CCc2c(nc(N)c3c2COC3)C1.COC=O. The molecule has 25 heavy (non-hydrogen) atoms. The van der Waals surface area contributed by atoms with Crippen molar-refractivity contribution < 1.29 is 23.8 Å². The summed E-state index contributed by atoms with van der Waals surface area (Å²) >= 11 is 0. The zero-order valence-corrected chi connectivity index (χ0v) is 15.1. The van der Waals surface area contributed by atoms with E-state index in [1.807, 2.05) is 20.8 Å². The van der Waals surface area contributed by atoms with Gasteiger partial charge in [-0.3, -0.25) is 4.79 Å². The van der Waals surface area contributed by atoms with Crippen LogP contribution in [0.4, 0.5) is 10.6 Å². The van der Waals surface area contributed by atoms with Crippen LogP contribution >= 0.6 is 0 Å². The number of nitrogen functional groups attached to an aromatic ring is 1. The summed E-state index contributed by atoms with van der Waals surface area (Å²) in [5.74, 6) is 0.521. The second-order valence-electron chi connectivity index (χ2n) is 6.86. The number of rotatable bonds is 1. The average Bonchev–Trinajstić information content (AvgIpc) is 3.03. The van der Waals surface area contributed by atoms with Gasteiger partial charge in [0.05, 0.1) is 32.6 Å². The molecule has 1 amide bonds. The highest BCUT2D eigenvalue weighted by Crippen LogP contribution is 2.32. The van der Waals surface area contributed by atoms with Gasteiger partial charge in [-0.05, 0) is 38.3 Å². The Balaban J connectivity index is 0.000000511. The highest BCUT2D eigenvalue weighted by molar-refractivity contribution is 5.69. The minimum atomic E-state index is -0.490. The molecule has 0 bridgehead atoms. The van der Waals surface area contributed by atoms with Crippen LogP contribution in [-0.4, -0.2) is 41.7 Å². The van der Waals surface area contributed by atoms with Crippen LogP contribution in [0.2, 0.25) is 0 Å². The molecule has 0 saturated heterocycles. The average molecular weight is 351 g/mol. The van der Waals surface area contributed by atoms with Crippen LogP contribution in [0.5, 0.6) is 0 Å². The maximum Gasteiger partial charge on any atom is 0.410 e. The quantitative estimate of drug-likeness (QED) is 0.769. The number of nitrogens with zero attached hydrogens (tertiary/aromatic N) is 2. The van der Waals surface area contributed by atoms with Crippen molar-refractivity contribution in [2.24, 2.45) is 0 Å². The lowest BCUT2D eigenvalue weighted by Gasteiger charge is -2.31. The molecule has 0 radical (unpaired) electrons. The van der Waals surface area contributed by atoms with Crippen molar-refractivity contribution in [3.8, 4) is 0 Å². The van der Waals surface area contributed by atoms with E-state index < -0.39 is 5.60 Å². The van der Waals surface area contributed by atoms with Gasteiger partial charge in [-0.25, -0.2) is 9.78 Å². The molecule has 2 N–H and O–H groups in total. The second-order valence-corrected chi connectivity index (χ2v) is 6.86. The van der Waals surface area contributed by atoms with E-state index in [4.69, 9.17) is 20.0 Å². The molecule has 8 nitrogen and oxygen atoms in total. The van der Waals surface area contributed by atoms with Crippen LogP contribution in [0.25, 0.3) is 0 Å². The van der Waals surface area contributed by atoms with Crippen molar-refractivity contribution >= 4 is 18.4 Å². The molecule has 0 atom stereocenters. The van der Waals surface area contributed by atoms with Gasteiger partial charge in [0.15, 0.2) is 0 Å². The van der Waals surface area contributed by atoms with Gasteiger partial charge in [-0.1, -0.05) is 0 Å². The lowest BCUT2D eigenvalue weighted by atomic mass is 9.96. The molecule has 8 heteroatoms. The second kappa shape index (κ2) is 7.69. The third-order valence-electron chi connectivity index (χ3n) is 3.85. The zero-order valence-electron chi connectivity index (χ0n) is 15.1. The molecule has 1 aromatic rings. The van der Waals surface area contributed by atoms with Gasteiger partial charge in [0.1, 0.15) is 11.4 Å². The number of amides is 1. The fourth-order valence-electron chi connectivity index (χ4n) is 2.80. The maximum atomic E-state index is 12.2. The number of methoxy groups -OCH3 is 1. The van der Waals surface area contributed by atoms with E-state index >= 15 is 0 Å². The van der Waals surface area contributed by atoms with Crippen LogP contribution in [0, 0.1) is 0 Å². The molecule has 3 rings (SSSR count). The molecule has 0 spiro atoms. The number of anilines is 1. The Labute approximate surface area is 147 Å². The molecule has 2 aliphatic heterocycles. The van der Waals surface area contributed by atoms with Crippen molar-refractivity contribution in [1.82, 2.24) is 9.88 Å². The Bertz CT molecular complexity index is 655. The Morgan fingerprint density at radius 3 is 2.52 bits per heavy atom. The Morgan fingerprint density at radius 1 is 1.28 bits per heavy atom. The normalized spacial score (nSPS) is 15.4. The van der Waals surface area contributed by atoms with Crippen molar-refractivity contribution in [3.63, 3.8) is 0 Å². The number of hydrogen-bond donors (Lipinski definition) is 1. The lowest BCUT2D eigenvalue weighted by molar-refractivity contribution is -0.126. The highest BCUT2D eigenvalue weighted by Gasteiger charge is 2.30. The minimum absolute atomic E-state index is 0.301. The molecule has 0 saturated carbocycles. The van der Waals surface area contributed by atoms with Crippen LogP contribution in [0.15, 0.2) is 0 Å². The summed E-state index contributed by atoms with van der Waals surface area (Å²) in [5, 5.41) is 0. The highest BCUT2D eigenvalue weighted by atomic mass is 16.6. The van der Waals surface area contributed by atoms with Crippen molar-refractivity contribution in [1.29, 1.82) is 0 Å². The number of fused-ring (bicyclic) bond motifs is 3. The van der Waals surface area contributed by atoms with E-state index in [-0.39, 0.29) is 6.09 Å². The first-order valence-electron chi connectivity index (χ1n) is 8.08. The first-order chi connectivity index (χ1) is 11.8. The summed E-state index contributed by atoms with van der Waals surface area (Å²) in [5.41, 5.74) is 9.74. The zero-order chi connectivity index (χ0) is 18.6. The molecule has 1 aromatic heterocycles. The molecular formula is C17H25N3O5. The van der Waals surface area contributed by atoms with E-state index in [1.165, 1.54) is 18.2 Å². The summed E-state index contributed by atoms with van der Waals surface area (Å²) < 4.78 is 14.8. The van der Waals surface area contributed by atoms with Crippen molar-refractivity contribution in [3.05, 3.63) is 22.4 Å². The van der Waals surface area contributed by atoms with E-state index in [1.54, 1.807) is 4.90 Å². The summed E-state index contributed by atoms with van der Waals surface area (Å²) in [6, 6.07) is 0. The summed E-state index contributed by atoms with van der Waals surface area (Å²) in [6.45, 7) is 8.19. The van der Waals surface area contributed by atoms with E-state index in [2.05, 4.69) is 9.72 Å². The smallest absolute Gasteiger partial charge is 0.410 e. The van der Waals surface area contributed by atoms with Gasteiger partial charge < -0.3 is 24.8 Å². The van der Waals surface area contributed by atoms with Crippen molar-refractivity contribution in [2.45, 2.75) is 52.6 Å². The number of hydrogen-bond acceptors (Lipinski definition) is 7. The largest absolute Gasteiger partial charge is 0.471 e. The molecule has 0 aromatic carbocycles. The Hall–Kier alpha value is -2.35. The minimum Gasteiger partial charge on any atom is -0.471 e. The van der Waals surface area contributed by atoms with E-state index in [0.29, 0.717) is 38.6 Å². The summed E-state index contributed by atoms with van der Waals surface area (Å²) in [7, 11) is 1.31. The predicted octanol–water partition coefficient (Wildman–Crippen LogP) is 1.78. The lowest BCUT2D eigenvalue weighted by Crippen LogP contribution is -2.40. The van der Waals surface area contributed by atoms with Gasteiger partial charge >= 0.3 is 6.09 Å². The predicted molar refractivity (Wildman–Crippen MR) is 90.6 cm³/mol. The van der Waals surface area contributed by atoms with Gasteiger partial charge in [0.25, 0.3) is 6.47 Å². The number of carbonyl (C=O) groups excluding carboxylic acids is 2. The number of pyridine rings is 1. The first-order valence-corrected chi connectivity index (χ1v) is 8.08. The molecule has 0 aliphatic carbocycles. The number of nitrogens with two attached hydrogens (primary N) is 1. The van der Waals surface area contributed by atoms with Crippen LogP contribution < -0.4 is 5.73 Å². The molecule has 138 valence electrons. The summed E-state index contributed by atoms with van der Waals surface area (Å²) in [4.78, 5) is 27.3. The van der Waals surface area contributed by atoms with Crippen LogP contribution in [0.3, 0.4) is 0 Å². The van der Waals surface area contributed by atoms with E-state index in [9.17, 15) is 4.79 Å². The van der Waals surface area contributed by atoms with Gasteiger partial charge in [0.2, 0.25) is 0 Å². The third-order valence-corrected chi connectivity index (χ3v) is 3.85. The maximum absolute atomic E-state index is 12.2. The topological polar surface area (TPSA) is 104 Å². The fraction of sp³-hybridized carbons (Fsp3) is 0.588. The Morgan fingerprint density at radius 2 is 1.92 bits per heavy atom. The first kappa shape index (κ1) is 19.0. The monoisotopic (exact) mass is 351 g/mol. The molecule has 3 heterocycles. The fourth-order valence-corrected chi connectivity index (χ4v) is 2.80. The molecule has 0 fully saturated rings. The molecule has 2 aliphatic rings. The molecular weight excluding hydrogens is 326 g/mol. The van der Waals surface area contributed by atoms with Gasteiger partial charge in [-0.2, -0.15) is 0 Å². The van der Waals surface area contributed by atoms with Crippen LogP contribution in [0.1, 0.15) is 43.2 Å². The Kier molecular flexibility index (Phi) is 5.84. The van der Waals surface area contributed by atoms with Gasteiger partial charge in [-0.15, -0.1) is 0 Å². The number of ether oxygens (including phenoxy) is 3. The van der Waals surface area contributed by atoms with Crippen LogP contribution in [-0.2, 0) is 45.2 Å². The molecule has 0 unspecified atom stereocenters. The number of aromatic nitrogens is 1. The summed E-state index contributed by atoms with van der Waals surface area (Å²) in [6.07, 6.45) is 0.471.